The van der Waals surface area contributed by atoms with Gasteiger partial charge in [0.05, 0.1) is 11.0 Å². The summed E-state index contributed by atoms with van der Waals surface area (Å²) in [6.07, 6.45) is -0.694. The normalized spacial score (nSPS) is 17.2. The SMILES string of the molecule is Cc1cc([N+](=O)[O-])c(S(=O)(=O)N2CC(O)C2)cc1C. The van der Waals surface area contributed by atoms with Crippen molar-refractivity contribution in [3.05, 3.63) is 33.4 Å². The van der Waals surface area contributed by atoms with E-state index in [0.29, 0.717) is 11.1 Å². The molecule has 1 aromatic rings. The molecule has 1 aliphatic rings. The van der Waals surface area contributed by atoms with Crippen molar-refractivity contribution in [2.45, 2.75) is 24.8 Å². The first-order valence-electron chi connectivity index (χ1n) is 5.67. The van der Waals surface area contributed by atoms with E-state index in [1.807, 2.05) is 0 Å². The summed E-state index contributed by atoms with van der Waals surface area (Å²) < 4.78 is 25.6. The van der Waals surface area contributed by atoms with Gasteiger partial charge in [0, 0.05) is 19.2 Å². The number of sulfonamides is 1. The Labute approximate surface area is 110 Å². The summed E-state index contributed by atoms with van der Waals surface area (Å²) in [4.78, 5) is 9.99. The van der Waals surface area contributed by atoms with Gasteiger partial charge in [-0.05, 0) is 31.0 Å². The molecule has 0 radical (unpaired) electrons. The average molecular weight is 286 g/mol. The van der Waals surface area contributed by atoms with E-state index in [2.05, 4.69) is 0 Å². The summed E-state index contributed by atoms with van der Waals surface area (Å²) in [5.74, 6) is 0. The van der Waals surface area contributed by atoms with Crippen molar-refractivity contribution in [1.29, 1.82) is 0 Å². The van der Waals surface area contributed by atoms with Crippen LogP contribution in [0, 0.1) is 24.0 Å². The fraction of sp³-hybridized carbons (Fsp3) is 0.455. The molecular formula is C11H14N2O5S. The number of nitro benzene ring substituents is 1. The molecule has 0 saturated carbocycles. The van der Waals surface area contributed by atoms with E-state index in [1.54, 1.807) is 13.8 Å². The third kappa shape index (κ3) is 2.34. The zero-order valence-electron chi connectivity index (χ0n) is 10.5. The van der Waals surface area contributed by atoms with Crippen LogP contribution in [0.1, 0.15) is 11.1 Å². The van der Waals surface area contributed by atoms with Crippen molar-refractivity contribution < 1.29 is 18.4 Å². The summed E-state index contributed by atoms with van der Waals surface area (Å²) in [5.41, 5.74) is 0.907. The Kier molecular flexibility index (Phi) is 3.33. The highest BCUT2D eigenvalue weighted by molar-refractivity contribution is 7.89. The van der Waals surface area contributed by atoms with Crippen molar-refractivity contribution in [2.24, 2.45) is 0 Å². The van der Waals surface area contributed by atoms with Crippen LogP contribution in [0.4, 0.5) is 5.69 Å². The largest absolute Gasteiger partial charge is 0.390 e. The number of aryl methyl sites for hydroxylation is 2. The molecule has 7 nitrogen and oxygen atoms in total. The molecule has 104 valence electrons. The van der Waals surface area contributed by atoms with Crippen molar-refractivity contribution in [1.82, 2.24) is 4.31 Å². The summed E-state index contributed by atoms with van der Waals surface area (Å²) in [7, 11) is -3.92. The van der Waals surface area contributed by atoms with Crippen molar-refractivity contribution in [2.75, 3.05) is 13.1 Å². The second-order valence-electron chi connectivity index (χ2n) is 4.64. The fourth-order valence-electron chi connectivity index (χ4n) is 1.88. The molecule has 1 saturated heterocycles. The van der Waals surface area contributed by atoms with E-state index in [4.69, 9.17) is 5.11 Å². The number of aliphatic hydroxyl groups excluding tert-OH is 1. The predicted octanol–water partition coefficient (Wildman–Crippen LogP) is 0.577. The van der Waals surface area contributed by atoms with Crippen LogP contribution < -0.4 is 0 Å². The zero-order valence-corrected chi connectivity index (χ0v) is 11.3. The van der Waals surface area contributed by atoms with Gasteiger partial charge in [-0.1, -0.05) is 0 Å². The molecule has 0 atom stereocenters. The van der Waals surface area contributed by atoms with Gasteiger partial charge >= 0.3 is 0 Å². The Morgan fingerprint density at radius 1 is 1.32 bits per heavy atom. The number of β-amino-alcohol motifs (C(OH)–C–C–N with tert-alkyl or cyclic N) is 1. The molecule has 1 fully saturated rings. The lowest BCUT2D eigenvalue weighted by atomic mass is 10.1. The lowest BCUT2D eigenvalue weighted by Crippen LogP contribution is -2.53. The van der Waals surface area contributed by atoms with Gasteiger partial charge in [0.25, 0.3) is 5.69 Å². The molecule has 1 aromatic carbocycles. The van der Waals surface area contributed by atoms with Gasteiger partial charge in [-0.25, -0.2) is 8.42 Å². The lowest BCUT2D eigenvalue weighted by molar-refractivity contribution is -0.387. The Hall–Kier alpha value is -1.51. The summed E-state index contributed by atoms with van der Waals surface area (Å²) in [6, 6.07) is 2.58. The molecule has 0 bridgehead atoms. The van der Waals surface area contributed by atoms with Gasteiger partial charge in [0.1, 0.15) is 0 Å². The molecule has 0 unspecified atom stereocenters. The molecule has 1 heterocycles. The molecule has 8 heteroatoms. The third-order valence-corrected chi connectivity index (χ3v) is 5.08. The highest BCUT2D eigenvalue weighted by Crippen LogP contribution is 2.31. The minimum Gasteiger partial charge on any atom is -0.390 e. The zero-order chi connectivity index (χ0) is 14.4. The van der Waals surface area contributed by atoms with Crippen LogP contribution in [0.5, 0.6) is 0 Å². The van der Waals surface area contributed by atoms with Crippen LogP contribution in [-0.4, -0.2) is 41.9 Å². The first-order chi connectivity index (χ1) is 8.73. The number of hydrogen-bond donors (Lipinski definition) is 1. The Morgan fingerprint density at radius 2 is 1.84 bits per heavy atom. The van der Waals surface area contributed by atoms with Gasteiger partial charge in [-0.2, -0.15) is 4.31 Å². The van der Waals surface area contributed by atoms with Crippen molar-refractivity contribution in [3.63, 3.8) is 0 Å². The van der Waals surface area contributed by atoms with Crippen molar-refractivity contribution in [3.8, 4) is 0 Å². The minimum atomic E-state index is -3.92. The van der Waals surface area contributed by atoms with E-state index in [-0.39, 0.29) is 18.0 Å². The lowest BCUT2D eigenvalue weighted by Gasteiger charge is -2.34. The molecule has 0 aliphatic carbocycles. The highest BCUT2D eigenvalue weighted by atomic mass is 32.2. The molecule has 0 spiro atoms. The molecular weight excluding hydrogens is 272 g/mol. The monoisotopic (exact) mass is 286 g/mol. The van der Waals surface area contributed by atoms with E-state index in [0.717, 1.165) is 4.31 Å². The van der Waals surface area contributed by atoms with Gasteiger partial charge in [0.2, 0.25) is 10.0 Å². The van der Waals surface area contributed by atoms with Gasteiger partial charge in [-0.3, -0.25) is 10.1 Å². The second kappa shape index (κ2) is 4.55. The van der Waals surface area contributed by atoms with Gasteiger partial charge in [-0.15, -0.1) is 0 Å². The molecule has 2 rings (SSSR count). The highest BCUT2D eigenvalue weighted by Gasteiger charge is 2.39. The number of hydrogen-bond acceptors (Lipinski definition) is 5. The average Bonchev–Trinajstić information content (AvgIpc) is 2.27. The maximum atomic E-state index is 12.3. The predicted molar refractivity (Wildman–Crippen MR) is 67.3 cm³/mol. The molecule has 0 aromatic heterocycles. The smallest absolute Gasteiger partial charge is 0.289 e. The Balaban J connectivity index is 2.55. The van der Waals surface area contributed by atoms with E-state index < -0.39 is 26.7 Å². The van der Waals surface area contributed by atoms with E-state index in [1.165, 1.54) is 12.1 Å². The Morgan fingerprint density at radius 3 is 2.32 bits per heavy atom. The van der Waals surface area contributed by atoms with Crippen LogP contribution in [0.2, 0.25) is 0 Å². The molecule has 0 amide bonds. The van der Waals surface area contributed by atoms with E-state index in [9.17, 15) is 18.5 Å². The second-order valence-corrected chi connectivity index (χ2v) is 6.54. The Bertz CT molecular complexity index is 635. The molecule has 19 heavy (non-hydrogen) atoms. The number of nitrogens with zero attached hydrogens (tertiary/aromatic N) is 2. The summed E-state index contributed by atoms with van der Waals surface area (Å²) in [6.45, 7) is 3.34. The maximum Gasteiger partial charge on any atom is 0.289 e. The van der Waals surface area contributed by atoms with Crippen LogP contribution in [0.25, 0.3) is 0 Å². The summed E-state index contributed by atoms with van der Waals surface area (Å²) >= 11 is 0. The number of rotatable bonds is 3. The van der Waals surface area contributed by atoms with Gasteiger partial charge in [0.15, 0.2) is 4.90 Å². The van der Waals surface area contributed by atoms with Crippen LogP contribution in [0.15, 0.2) is 17.0 Å². The van der Waals surface area contributed by atoms with Gasteiger partial charge < -0.3 is 5.11 Å². The minimum absolute atomic E-state index is 0.0214. The van der Waals surface area contributed by atoms with Crippen LogP contribution >= 0.6 is 0 Å². The van der Waals surface area contributed by atoms with Crippen LogP contribution in [-0.2, 0) is 10.0 Å². The number of aliphatic hydroxyl groups is 1. The third-order valence-electron chi connectivity index (χ3n) is 3.22. The quantitative estimate of drug-likeness (QED) is 0.647. The maximum absolute atomic E-state index is 12.3. The first kappa shape index (κ1) is 13.9. The molecule has 1 aliphatic heterocycles. The summed E-state index contributed by atoms with van der Waals surface area (Å²) in [5, 5.41) is 20.2. The number of nitro groups is 1. The molecule has 1 N–H and O–H groups in total. The topological polar surface area (TPSA) is 101 Å². The van der Waals surface area contributed by atoms with Crippen molar-refractivity contribution >= 4 is 15.7 Å². The first-order valence-corrected chi connectivity index (χ1v) is 7.11. The standard InChI is InChI=1S/C11H14N2O5S/c1-7-3-10(13(15)16)11(4-8(7)2)19(17,18)12-5-9(14)6-12/h3-4,9,14H,5-6H2,1-2H3. The van der Waals surface area contributed by atoms with E-state index >= 15 is 0 Å². The fourth-order valence-corrected chi connectivity index (χ4v) is 3.61. The van der Waals surface area contributed by atoms with Crippen LogP contribution in [0.3, 0.4) is 0 Å². The number of benzene rings is 1.